The van der Waals surface area contributed by atoms with E-state index in [0.29, 0.717) is 11.8 Å². The predicted molar refractivity (Wildman–Crippen MR) is 82.1 cm³/mol. The van der Waals surface area contributed by atoms with Crippen LogP contribution in [0.25, 0.3) is 0 Å². The van der Waals surface area contributed by atoms with Gasteiger partial charge in [0.2, 0.25) is 0 Å². The van der Waals surface area contributed by atoms with Gasteiger partial charge >= 0.3 is 0 Å². The van der Waals surface area contributed by atoms with Crippen LogP contribution in [-0.2, 0) is 6.54 Å². The number of aromatic nitrogens is 2. The quantitative estimate of drug-likeness (QED) is 0.852. The van der Waals surface area contributed by atoms with Crippen LogP contribution in [0.2, 0.25) is 0 Å². The highest BCUT2D eigenvalue weighted by molar-refractivity contribution is 7.12. The molecule has 1 N–H and O–H groups in total. The number of aryl methyl sites for hydroxylation is 1. The van der Waals surface area contributed by atoms with Gasteiger partial charge < -0.3 is 10.1 Å². The van der Waals surface area contributed by atoms with Crippen molar-refractivity contribution in [3.63, 3.8) is 0 Å². The molecule has 2 rings (SSSR count). The molecule has 0 saturated carbocycles. The van der Waals surface area contributed by atoms with Crippen LogP contribution in [-0.4, -0.2) is 23.3 Å². The summed E-state index contributed by atoms with van der Waals surface area (Å²) in [5, 5.41) is 13.0. The van der Waals surface area contributed by atoms with Gasteiger partial charge in [-0.2, -0.15) is 0 Å². The maximum Gasteiger partial charge on any atom is 0.294 e. The molecule has 0 bridgehead atoms. The SMILES string of the molecule is Cc1nnc(OCC(C)(C)CNCc2ccccc2)s1. The molecular weight excluding hydrogens is 270 g/mol. The van der Waals surface area contributed by atoms with Crippen LogP contribution in [0.15, 0.2) is 30.3 Å². The first-order valence-electron chi connectivity index (χ1n) is 6.73. The summed E-state index contributed by atoms with van der Waals surface area (Å²) in [6.45, 7) is 8.68. The molecule has 0 unspecified atom stereocenters. The Kier molecular flexibility index (Phi) is 5.09. The summed E-state index contributed by atoms with van der Waals surface area (Å²) in [6.07, 6.45) is 0. The largest absolute Gasteiger partial charge is 0.468 e. The second-order valence-electron chi connectivity index (χ2n) is 5.63. The Morgan fingerprint density at radius 3 is 2.60 bits per heavy atom. The average Bonchev–Trinajstić information content (AvgIpc) is 2.84. The van der Waals surface area contributed by atoms with Gasteiger partial charge in [-0.3, -0.25) is 0 Å². The molecule has 0 radical (unpaired) electrons. The van der Waals surface area contributed by atoms with Gasteiger partial charge in [0, 0.05) is 18.5 Å². The minimum absolute atomic E-state index is 0.0500. The van der Waals surface area contributed by atoms with Crippen LogP contribution in [0.1, 0.15) is 24.4 Å². The van der Waals surface area contributed by atoms with Gasteiger partial charge in [0.15, 0.2) is 0 Å². The van der Waals surface area contributed by atoms with Crippen molar-refractivity contribution < 1.29 is 4.74 Å². The number of ether oxygens (including phenoxy) is 1. The van der Waals surface area contributed by atoms with E-state index in [1.165, 1.54) is 16.9 Å². The lowest BCUT2D eigenvalue weighted by molar-refractivity contribution is 0.174. The highest BCUT2D eigenvalue weighted by atomic mass is 32.1. The summed E-state index contributed by atoms with van der Waals surface area (Å²) in [7, 11) is 0. The molecule has 5 heteroatoms. The predicted octanol–water partition coefficient (Wildman–Crippen LogP) is 3.04. The van der Waals surface area contributed by atoms with Crippen LogP contribution >= 0.6 is 11.3 Å². The molecule has 4 nitrogen and oxygen atoms in total. The van der Waals surface area contributed by atoms with E-state index in [2.05, 4.69) is 53.6 Å². The highest BCUT2D eigenvalue weighted by Crippen LogP contribution is 2.21. The highest BCUT2D eigenvalue weighted by Gasteiger charge is 2.19. The number of hydrogen-bond donors (Lipinski definition) is 1. The Labute approximate surface area is 124 Å². The van der Waals surface area contributed by atoms with E-state index in [0.717, 1.165) is 18.1 Å². The van der Waals surface area contributed by atoms with Crippen molar-refractivity contribution >= 4 is 11.3 Å². The smallest absolute Gasteiger partial charge is 0.294 e. The van der Waals surface area contributed by atoms with Crippen molar-refractivity contribution in [2.75, 3.05) is 13.2 Å². The fourth-order valence-electron chi connectivity index (χ4n) is 1.79. The average molecular weight is 291 g/mol. The number of rotatable bonds is 7. The van der Waals surface area contributed by atoms with Crippen LogP contribution in [0, 0.1) is 12.3 Å². The first-order chi connectivity index (χ1) is 9.55. The van der Waals surface area contributed by atoms with Crippen molar-refractivity contribution in [3.05, 3.63) is 40.9 Å². The zero-order valence-electron chi connectivity index (χ0n) is 12.2. The third-order valence-electron chi connectivity index (χ3n) is 2.87. The maximum absolute atomic E-state index is 5.70. The Balaban J connectivity index is 1.73. The lowest BCUT2D eigenvalue weighted by Crippen LogP contribution is -2.34. The molecule has 0 aliphatic carbocycles. The first kappa shape index (κ1) is 14.9. The number of benzene rings is 1. The van der Waals surface area contributed by atoms with Crippen molar-refractivity contribution in [1.82, 2.24) is 15.5 Å². The van der Waals surface area contributed by atoms with E-state index < -0.39 is 0 Å². The van der Waals surface area contributed by atoms with E-state index in [1.54, 1.807) is 0 Å². The molecule has 0 spiro atoms. The number of nitrogens with zero attached hydrogens (tertiary/aromatic N) is 2. The fraction of sp³-hybridized carbons (Fsp3) is 0.467. The summed E-state index contributed by atoms with van der Waals surface area (Å²) in [6, 6.07) is 10.4. The zero-order chi connectivity index (χ0) is 14.4. The molecule has 0 amide bonds. The number of hydrogen-bond acceptors (Lipinski definition) is 5. The Bertz CT molecular complexity index is 525. The zero-order valence-corrected chi connectivity index (χ0v) is 13.0. The molecule has 1 aromatic carbocycles. The standard InChI is InChI=1S/C15H21N3OS/c1-12-17-18-14(20-12)19-11-15(2,3)10-16-9-13-7-5-4-6-8-13/h4-8,16H,9-11H2,1-3H3. The Hall–Kier alpha value is -1.46. The van der Waals surface area contributed by atoms with Crippen LogP contribution in [0.4, 0.5) is 0 Å². The van der Waals surface area contributed by atoms with Crippen LogP contribution in [0.3, 0.4) is 0 Å². The molecule has 1 aromatic heterocycles. The Morgan fingerprint density at radius 1 is 1.20 bits per heavy atom. The van der Waals surface area contributed by atoms with Crippen molar-refractivity contribution in [1.29, 1.82) is 0 Å². The number of nitrogens with one attached hydrogen (secondary N) is 1. The normalized spacial score (nSPS) is 11.6. The van der Waals surface area contributed by atoms with Gasteiger partial charge in [-0.25, -0.2) is 0 Å². The van der Waals surface area contributed by atoms with E-state index in [4.69, 9.17) is 4.74 Å². The van der Waals surface area contributed by atoms with Gasteiger partial charge in [0.1, 0.15) is 5.01 Å². The monoisotopic (exact) mass is 291 g/mol. The molecule has 2 aromatic rings. The Morgan fingerprint density at radius 2 is 1.95 bits per heavy atom. The van der Waals surface area contributed by atoms with Crippen LogP contribution < -0.4 is 10.1 Å². The van der Waals surface area contributed by atoms with Crippen LogP contribution in [0.5, 0.6) is 5.19 Å². The maximum atomic E-state index is 5.70. The molecule has 1 heterocycles. The minimum Gasteiger partial charge on any atom is -0.468 e. The van der Waals surface area contributed by atoms with Crippen molar-refractivity contribution in [2.45, 2.75) is 27.3 Å². The second-order valence-corrected chi connectivity index (χ2v) is 6.77. The molecule has 0 atom stereocenters. The van der Waals surface area contributed by atoms with Crippen molar-refractivity contribution in [2.24, 2.45) is 5.41 Å². The van der Waals surface area contributed by atoms with Gasteiger partial charge in [0.05, 0.1) is 6.61 Å². The summed E-state index contributed by atoms with van der Waals surface area (Å²) in [5.41, 5.74) is 1.35. The third-order valence-corrected chi connectivity index (χ3v) is 3.62. The second kappa shape index (κ2) is 6.81. The van der Waals surface area contributed by atoms with E-state index >= 15 is 0 Å². The lowest BCUT2D eigenvalue weighted by Gasteiger charge is -2.24. The third kappa shape index (κ3) is 4.90. The summed E-state index contributed by atoms with van der Waals surface area (Å²) in [5.74, 6) is 0. The summed E-state index contributed by atoms with van der Waals surface area (Å²) < 4.78 is 5.70. The molecule has 108 valence electrons. The van der Waals surface area contributed by atoms with E-state index in [1.807, 2.05) is 13.0 Å². The fourth-order valence-corrected chi connectivity index (χ4v) is 2.32. The van der Waals surface area contributed by atoms with Gasteiger partial charge in [-0.05, 0) is 12.5 Å². The minimum atomic E-state index is 0.0500. The van der Waals surface area contributed by atoms with Gasteiger partial charge in [-0.15, -0.1) is 10.2 Å². The van der Waals surface area contributed by atoms with Crippen molar-refractivity contribution in [3.8, 4) is 5.19 Å². The lowest BCUT2D eigenvalue weighted by atomic mass is 9.95. The molecular formula is C15H21N3OS. The summed E-state index contributed by atoms with van der Waals surface area (Å²) in [4.78, 5) is 0. The molecule has 0 aliphatic rings. The topological polar surface area (TPSA) is 47.0 Å². The first-order valence-corrected chi connectivity index (χ1v) is 7.54. The molecule has 0 saturated heterocycles. The summed E-state index contributed by atoms with van der Waals surface area (Å²) >= 11 is 1.48. The molecule has 0 aliphatic heterocycles. The van der Waals surface area contributed by atoms with E-state index in [-0.39, 0.29) is 5.41 Å². The van der Waals surface area contributed by atoms with E-state index in [9.17, 15) is 0 Å². The van der Waals surface area contributed by atoms with Gasteiger partial charge in [0.25, 0.3) is 5.19 Å². The molecule has 0 fully saturated rings. The molecule has 20 heavy (non-hydrogen) atoms. The van der Waals surface area contributed by atoms with Gasteiger partial charge in [-0.1, -0.05) is 55.5 Å².